The standard InChI is InChI=1S/C14H21ClN2O/c1-10(2)14-16-8-13(12(7-15)17-14)18-9-11-5-3-4-6-11/h8,10-11H,3-7,9H2,1-2H3. The van der Waals surface area contributed by atoms with Gasteiger partial charge < -0.3 is 4.74 Å². The Kier molecular flexibility index (Phi) is 4.81. The van der Waals surface area contributed by atoms with Gasteiger partial charge in [-0.15, -0.1) is 11.6 Å². The van der Waals surface area contributed by atoms with Crippen LogP contribution in [0.3, 0.4) is 0 Å². The first-order chi connectivity index (χ1) is 8.70. The number of nitrogens with zero attached hydrogens (tertiary/aromatic N) is 2. The van der Waals surface area contributed by atoms with Gasteiger partial charge in [0.05, 0.1) is 18.7 Å². The van der Waals surface area contributed by atoms with Gasteiger partial charge >= 0.3 is 0 Å². The highest BCUT2D eigenvalue weighted by atomic mass is 35.5. The van der Waals surface area contributed by atoms with Gasteiger partial charge in [0.15, 0.2) is 5.75 Å². The number of rotatable bonds is 5. The first-order valence-corrected chi connectivity index (χ1v) is 7.28. The normalized spacial score (nSPS) is 16.4. The van der Waals surface area contributed by atoms with Gasteiger partial charge in [0.2, 0.25) is 0 Å². The van der Waals surface area contributed by atoms with E-state index in [1.165, 1.54) is 25.7 Å². The van der Waals surface area contributed by atoms with E-state index in [9.17, 15) is 0 Å². The summed E-state index contributed by atoms with van der Waals surface area (Å²) >= 11 is 5.93. The zero-order valence-electron chi connectivity index (χ0n) is 11.2. The van der Waals surface area contributed by atoms with Gasteiger partial charge in [0.25, 0.3) is 0 Å². The van der Waals surface area contributed by atoms with Crippen molar-refractivity contribution in [2.24, 2.45) is 5.92 Å². The topological polar surface area (TPSA) is 35.0 Å². The van der Waals surface area contributed by atoms with Crippen molar-refractivity contribution in [2.45, 2.75) is 51.3 Å². The molecule has 0 saturated heterocycles. The average Bonchev–Trinajstić information content (AvgIpc) is 2.89. The fourth-order valence-electron chi connectivity index (χ4n) is 2.30. The third-order valence-corrected chi connectivity index (χ3v) is 3.69. The summed E-state index contributed by atoms with van der Waals surface area (Å²) in [5.74, 6) is 2.97. The van der Waals surface area contributed by atoms with Crippen LogP contribution in [-0.4, -0.2) is 16.6 Å². The van der Waals surface area contributed by atoms with Gasteiger partial charge in [-0.05, 0) is 18.8 Å². The molecule has 1 aliphatic carbocycles. The summed E-state index contributed by atoms with van der Waals surface area (Å²) in [6.45, 7) is 4.92. The molecular formula is C14H21ClN2O. The number of hydrogen-bond donors (Lipinski definition) is 0. The monoisotopic (exact) mass is 268 g/mol. The second-order valence-corrected chi connectivity index (χ2v) is 5.56. The summed E-state index contributed by atoms with van der Waals surface area (Å²) in [5.41, 5.74) is 0.813. The predicted octanol–water partition coefficient (Wildman–Crippen LogP) is 3.91. The Hall–Kier alpha value is -0.830. The van der Waals surface area contributed by atoms with E-state index in [1.807, 2.05) is 0 Å². The Morgan fingerprint density at radius 3 is 2.72 bits per heavy atom. The van der Waals surface area contributed by atoms with Gasteiger partial charge in [-0.3, -0.25) is 0 Å². The first-order valence-electron chi connectivity index (χ1n) is 6.75. The maximum atomic E-state index is 5.93. The Bertz CT molecular complexity index is 389. The smallest absolute Gasteiger partial charge is 0.160 e. The number of aromatic nitrogens is 2. The van der Waals surface area contributed by atoms with Crippen LogP contribution in [-0.2, 0) is 5.88 Å². The van der Waals surface area contributed by atoms with Crippen LogP contribution >= 0.6 is 11.6 Å². The lowest BCUT2D eigenvalue weighted by Crippen LogP contribution is -2.11. The van der Waals surface area contributed by atoms with Crippen molar-refractivity contribution in [3.05, 3.63) is 17.7 Å². The molecular weight excluding hydrogens is 248 g/mol. The third kappa shape index (κ3) is 3.35. The second-order valence-electron chi connectivity index (χ2n) is 5.29. The molecule has 0 aliphatic heterocycles. The molecule has 1 aromatic rings. The van der Waals surface area contributed by atoms with Crippen molar-refractivity contribution in [3.8, 4) is 5.75 Å². The number of ether oxygens (including phenoxy) is 1. The molecule has 1 fully saturated rings. The summed E-state index contributed by atoms with van der Waals surface area (Å²) in [5, 5.41) is 0. The molecule has 0 bridgehead atoms. The van der Waals surface area contributed by atoms with Crippen LogP contribution in [0.5, 0.6) is 5.75 Å². The van der Waals surface area contributed by atoms with E-state index in [0.717, 1.165) is 23.9 Å². The molecule has 100 valence electrons. The predicted molar refractivity (Wildman–Crippen MR) is 73.1 cm³/mol. The summed E-state index contributed by atoms with van der Waals surface area (Å²) in [7, 11) is 0. The molecule has 1 saturated carbocycles. The maximum absolute atomic E-state index is 5.93. The minimum absolute atomic E-state index is 0.316. The average molecular weight is 269 g/mol. The van der Waals surface area contributed by atoms with Crippen molar-refractivity contribution in [1.82, 2.24) is 9.97 Å². The van der Waals surface area contributed by atoms with Gasteiger partial charge in [-0.25, -0.2) is 9.97 Å². The SMILES string of the molecule is CC(C)c1ncc(OCC2CCCC2)c(CCl)n1. The molecule has 3 nitrogen and oxygen atoms in total. The highest BCUT2D eigenvalue weighted by Crippen LogP contribution is 2.27. The van der Waals surface area contributed by atoms with E-state index >= 15 is 0 Å². The minimum Gasteiger partial charge on any atom is -0.490 e. The van der Waals surface area contributed by atoms with Crippen LogP contribution in [0.2, 0.25) is 0 Å². The van der Waals surface area contributed by atoms with Gasteiger partial charge in [0, 0.05) is 5.92 Å². The molecule has 0 unspecified atom stereocenters. The maximum Gasteiger partial charge on any atom is 0.160 e. The van der Waals surface area contributed by atoms with E-state index < -0.39 is 0 Å². The highest BCUT2D eigenvalue weighted by molar-refractivity contribution is 6.17. The van der Waals surface area contributed by atoms with E-state index in [-0.39, 0.29) is 0 Å². The molecule has 4 heteroatoms. The molecule has 0 amide bonds. The molecule has 18 heavy (non-hydrogen) atoms. The molecule has 1 heterocycles. The van der Waals surface area contributed by atoms with Crippen molar-refractivity contribution < 1.29 is 4.74 Å². The van der Waals surface area contributed by atoms with E-state index in [2.05, 4.69) is 23.8 Å². The summed E-state index contributed by atoms with van der Waals surface area (Å²) in [6, 6.07) is 0. The Morgan fingerprint density at radius 1 is 1.39 bits per heavy atom. The van der Waals surface area contributed by atoms with Gasteiger partial charge in [-0.2, -0.15) is 0 Å². The van der Waals surface area contributed by atoms with Crippen molar-refractivity contribution in [1.29, 1.82) is 0 Å². The summed E-state index contributed by atoms with van der Waals surface area (Å²) < 4.78 is 5.84. The lowest BCUT2D eigenvalue weighted by molar-refractivity contribution is 0.248. The fourth-order valence-corrected chi connectivity index (χ4v) is 2.49. The van der Waals surface area contributed by atoms with Crippen LogP contribution in [0.25, 0.3) is 0 Å². The van der Waals surface area contributed by atoms with Crippen LogP contribution in [0.1, 0.15) is 57.0 Å². The fraction of sp³-hybridized carbons (Fsp3) is 0.714. The highest BCUT2D eigenvalue weighted by Gasteiger charge is 2.17. The second kappa shape index (κ2) is 6.37. The Morgan fingerprint density at radius 2 is 2.11 bits per heavy atom. The van der Waals surface area contributed by atoms with E-state index in [0.29, 0.717) is 17.7 Å². The summed E-state index contributed by atoms with van der Waals surface area (Å²) in [4.78, 5) is 8.81. The molecule has 2 rings (SSSR count). The molecule has 0 radical (unpaired) electrons. The van der Waals surface area contributed by atoms with Gasteiger partial charge in [0.1, 0.15) is 11.5 Å². The van der Waals surface area contributed by atoms with Crippen LogP contribution in [0.4, 0.5) is 0 Å². The van der Waals surface area contributed by atoms with Crippen molar-refractivity contribution >= 4 is 11.6 Å². The van der Waals surface area contributed by atoms with Gasteiger partial charge in [-0.1, -0.05) is 26.7 Å². The van der Waals surface area contributed by atoms with Crippen LogP contribution in [0, 0.1) is 5.92 Å². The molecule has 1 aliphatic rings. The minimum atomic E-state index is 0.316. The largest absolute Gasteiger partial charge is 0.490 e. The Balaban J connectivity index is 2.02. The van der Waals surface area contributed by atoms with Crippen LogP contribution in [0.15, 0.2) is 6.20 Å². The van der Waals surface area contributed by atoms with E-state index in [1.54, 1.807) is 6.20 Å². The lowest BCUT2D eigenvalue weighted by atomic mass is 10.1. The molecule has 1 aromatic heterocycles. The quantitative estimate of drug-likeness (QED) is 0.760. The first kappa shape index (κ1) is 13.6. The van der Waals surface area contributed by atoms with Crippen molar-refractivity contribution in [3.63, 3.8) is 0 Å². The van der Waals surface area contributed by atoms with Crippen molar-refractivity contribution in [2.75, 3.05) is 6.61 Å². The van der Waals surface area contributed by atoms with E-state index in [4.69, 9.17) is 16.3 Å². The number of hydrogen-bond acceptors (Lipinski definition) is 3. The van der Waals surface area contributed by atoms with Crippen LogP contribution < -0.4 is 4.74 Å². The zero-order chi connectivity index (χ0) is 13.0. The molecule has 0 spiro atoms. The molecule has 0 N–H and O–H groups in total. The molecule has 0 atom stereocenters. The Labute approximate surface area is 114 Å². The third-order valence-electron chi connectivity index (χ3n) is 3.44. The lowest BCUT2D eigenvalue weighted by Gasteiger charge is -2.14. The zero-order valence-corrected chi connectivity index (χ0v) is 11.9. The summed E-state index contributed by atoms with van der Waals surface area (Å²) in [6.07, 6.45) is 7.00. The number of halogens is 1. The molecule has 0 aromatic carbocycles. The number of alkyl halides is 1.